The number of hydrogen-bond donors (Lipinski definition) is 1. The van der Waals surface area contributed by atoms with Gasteiger partial charge in [-0.05, 0) is 6.07 Å². The molecule has 0 fully saturated rings. The second kappa shape index (κ2) is 2.79. The van der Waals surface area contributed by atoms with Crippen molar-refractivity contribution in [3.05, 3.63) is 24.3 Å². The monoisotopic (exact) mass is 139 g/mol. The van der Waals surface area contributed by atoms with E-state index in [4.69, 9.17) is 5.02 Å². The fourth-order valence-electron chi connectivity index (χ4n) is 0.710. The van der Waals surface area contributed by atoms with Crippen molar-refractivity contribution in [1.82, 2.24) is 4.98 Å². The van der Waals surface area contributed by atoms with Crippen molar-refractivity contribution in [1.29, 1.82) is 0 Å². The number of halogens is 1. The summed E-state index contributed by atoms with van der Waals surface area (Å²) in [6.07, 6.45) is 1.35. The van der Waals surface area contributed by atoms with Gasteiger partial charge in [-0.15, -0.1) is 0 Å². The van der Waals surface area contributed by atoms with E-state index in [0.29, 0.717) is 0 Å². The molecule has 0 saturated carbocycles. The highest BCUT2D eigenvalue weighted by molar-refractivity contribution is 6.64. The van der Waals surface area contributed by atoms with Gasteiger partial charge < -0.3 is 5.02 Å². The fraction of sp³-hybridized carbons (Fsp3) is 0.167. The molecular formula is C6H7BFNO. The molecule has 1 aromatic heterocycles. The van der Waals surface area contributed by atoms with Gasteiger partial charge in [-0.1, -0.05) is 12.9 Å². The standard InChI is InChI=1S/C6H7BFNO/c1-7(10)5-3-2-4-9-6(5)8/h2-4,10H,1H3. The molecule has 2 nitrogen and oxygen atoms in total. The first-order valence-electron chi connectivity index (χ1n) is 3.00. The summed E-state index contributed by atoms with van der Waals surface area (Å²) in [4.78, 5) is 3.37. The van der Waals surface area contributed by atoms with Crippen LogP contribution < -0.4 is 5.46 Å². The van der Waals surface area contributed by atoms with Gasteiger partial charge in [-0.25, -0.2) is 4.98 Å². The molecule has 0 amide bonds. The van der Waals surface area contributed by atoms with E-state index >= 15 is 0 Å². The number of hydrogen-bond acceptors (Lipinski definition) is 2. The Morgan fingerprint density at radius 1 is 1.70 bits per heavy atom. The first kappa shape index (κ1) is 7.21. The Bertz CT molecular complexity index is 229. The zero-order chi connectivity index (χ0) is 7.56. The van der Waals surface area contributed by atoms with Gasteiger partial charge in [0.05, 0.1) is 0 Å². The molecule has 1 heterocycles. The van der Waals surface area contributed by atoms with Crippen LogP contribution in [0.3, 0.4) is 0 Å². The Kier molecular flexibility index (Phi) is 2.01. The third-order valence-electron chi connectivity index (χ3n) is 1.24. The maximum atomic E-state index is 12.6. The predicted octanol–water partition coefficient (Wildman–Crippen LogP) is 0.0413. The summed E-state index contributed by atoms with van der Waals surface area (Å²) >= 11 is 0. The van der Waals surface area contributed by atoms with Crippen LogP contribution in [0.1, 0.15) is 0 Å². The second-order valence-corrected chi connectivity index (χ2v) is 2.06. The summed E-state index contributed by atoms with van der Waals surface area (Å²) in [6, 6.07) is 3.10. The Balaban J connectivity index is 3.03. The van der Waals surface area contributed by atoms with Gasteiger partial charge in [-0.3, -0.25) is 0 Å². The van der Waals surface area contributed by atoms with Gasteiger partial charge in [0.15, 0.2) is 0 Å². The van der Waals surface area contributed by atoms with E-state index in [2.05, 4.69) is 4.98 Å². The lowest BCUT2D eigenvalue weighted by Crippen LogP contribution is -2.29. The zero-order valence-electron chi connectivity index (χ0n) is 5.58. The van der Waals surface area contributed by atoms with Gasteiger partial charge in [0.2, 0.25) is 5.95 Å². The Morgan fingerprint density at radius 2 is 2.40 bits per heavy atom. The Labute approximate surface area is 58.8 Å². The third-order valence-corrected chi connectivity index (χ3v) is 1.24. The molecule has 0 aliphatic heterocycles. The highest BCUT2D eigenvalue weighted by Gasteiger charge is 2.11. The summed E-state index contributed by atoms with van der Waals surface area (Å²) in [5, 5.41) is 8.92. The van der Waals surface area contributed by atoms with Crippen LogP contribution in [0.4, 0.5) is 4.39 Å². The zero-order valence-corrected chi connectivity index (χ0v) is 5.58. The normalized spacial score (nSPS) is 9.50. The smallest absolute Gasteiger partial charge is 0.325 e. The Hall–Kier alpha value is -0.895. The van der Waals surface area contributed by atoms with Crippen LogP contribution in [-0.2, 0) is 0 Å². The van der Waals surface area contributed by atoms with E-state index in [1.54, 1.807) is 6.07 Å². The van der Waals surface area contributed by atoms with Crippen LogP contribution in [0.2, 0.25) is 6.82 Å². The third kappa shape index (κ3) is 1.33. The Morgan fingerprint density at radius 3 is 2.80 bits per heavy atom. The molecule has 0 aliphatic rings. The van der Waals surface area contributed by atoms with Crippen molar-refractivity contribution in [2.45, 2.75) is 6.82 Å². The molecule has 0 spiro atoms. The van der Waals surface area contributed by atoms with E-state index in [-0.39, 0.29) is 5.46 Å². The molecule has 4 heteroatoms. The van der Waals surface area contributed by atoms with Crippen LogP contribution in [0, 0.1) is 5.95 Å². The minimum absolute atomic E-state index is 0.238. The summed E-state index contributed by atoms with van der Waals surface area (Å²) in [5.74, 6) is -0.600. The molecule has 1 N–H and O–H groups in total. The van der Waals surface area contributed by atoms with Crippen LogP contribution in [0.5, 0.6) is 0 Å². The van der Waals surface area contributed by atoms with Gasteiger partial charge >= 0.3 is 6.92 Å². The highest BCUT2D eigenvalue weighted by Crippen LogP contribution is 1.88. The summed E-state index contributed by atoms with van der Waals surface area (Å²) in [6.45, 7) is 0.716. The maximum Gasteiger partial charge on any atom is 0.325 e. The molecule has 0 unspecified atom stereocenters. The largest absolute Gasteiger partial charge is 0.446 e. The summed E-state index contributed by atoms with van der Waals surface area (Å²) in [7, 11) is 0. The number of nitrogens with zero attached hydrogens (tertiary/aromatic N) is 1. The SMILES string of the molecule is CB(O)c1cccnc1F. The van der Waals surface area contributed by atoms with Crippen molar-refractivity contribution < 1.29 is 9.41 Å². The van der Waals surface area contributed by atoms with E-state index in [0.717, 1.165) is 0 Å². The van der Waals surface area contributed by atoms with Crippen LogP contribution in [0.15, 0.2) is 18.3 Å². The first-order valence-corrected chi connectivity index (χ1v) is 3.00. The maximum absolute atomic E-state index is 12.6. The summed E-state index contributed by atoms with van der Waals surface area (Å²) in [5.41, 5.74) is 0.238. The minimum Gasteiger partial charge on any atom is -0.446 e. The van der Waals surface area contributed by atoms with Gasteiger partial charge in [0, 0.05) is 11.7 Å². The predicted molar refractivity (Wildman–Crippen MR) is 37.7 cm³/mol. The molecular weight excluding hydrogens is 132 g/mol. The second-order valence-electron chi connectivity index (χ2n) is 2.06. The molecule has 0 radical (unpaired) electrons. The number of rotatable bonds is 1. The van der Waals surface area contributed by atoms with Gasteiger partial charge in [0.1, 0.15) is 0 Å². The molecule has 1 aromatic rings. The fourth-order valence-corrected chi connectivity index (χ4v) is 0.710. The van der Waals surface area contributed by atoms with Crippen molar-refractivity contribution in [3.8, 4) is 0 Å². The molecule has 0 bridgehead atoms. The summed E-state index contributed by atoms with van der Waals surface area (Å²) < 4.78 is 12.6. The van der Waals surface area contributed by atoms with E-state index < -0.39 is 12.9 Å². The van der Waals surface area contributed by atoms with Gasteiger partial charge in [-0.2, -0.15) is 4.39 Å². The molecule has 0 aliphatic carbocycles. The van der Waals surface area contributed by atoms with Crippen molar-refractivity contribution in [3.63, 3.8) is 0 Å². The van der Waals surface area contributed by atoms with Crippen molar-refractivity contribution in [2.75, 3.05) is 0 Å². The number of aromatic nitrogens is 1. The average molecular weight is 139 g/mol. The lowest BCUT2D eigenvalue weighted by atomic mass is 9.65. The average Bonchev–Trinajstić information content (AvgIpc) is 1.88. The molecule has 1 rings (SSSR count). The molecule has 0 aromatic carbocycles. The molecule has 52 valence electrons. The van der Waals surface area contributed by atoms with Crippen LogP contribution in [0.25, 0.3) is 0 Å². The van der Waals surface area contributed by atoms with Crippen molar-refractivity contribution in [2.24, 2.45) is 0 Å². The quantitative estimate of drug-likeness (QED) is 0.440. The topological polar surface area (TPSA) is 33.1 Å². The van der Waals surface area contributed by atoms with E-state index in [1.165, 1.54) is 19.1 Å². The number of pyridine rings is 1. The van der Waals surface area contributed by atoms with E-state index in [1.807, 2.05) is 0 Å². The lowest BCUT2D eigenvalue weighted by molar-refractivity contribution is 0.569. The van der Waals surface area contributed by atoms with E-state index in [9.17, 15) is 4.39 Å². The van der Waals surface area contributed by atoms with Crippen LogP contribution in [-0.4, -0.2) is 16.9 Å². The first-order chi connectivity index (χ1) is 4.72. The molecule has 10 heavy (non-hydrogen) atoms. The molecule has 0 saturated heterocycles. The molecule has 0 atom stereocenters. The lowest BCUT2D eigenvalue weighted by Gasteiger charge is -1.98. The highest BCUT2D eigenvalue weighted by atomic mass is 19.1. The minimum atomic E-state index is -0.784. The van der Waals surface area contributed by atoms with Crippen LogP contribution >= 0.6 is 0 Å². The van der Waals surface area contributed by atoms with Crippen molar-refractivity contribution >= 4 is 12.4 Å². The van der Waals surface area contributed by atoms with Gasteiger partial charge in [0.25, 0.3) is 0 Å².